The lowest BCUT2D eigenvalue weighted by molar-refractivity contribution is 0.0315. The molecule has 18 heavy (non-hydrogen) atoms. The van der Waals surface area contributed by atoms with Gasteiger partial charge in [0.15, 0.2) is 5.13 Å². The van der Waals surface area contributed by atoms with Gasteiger partial charge in [-0.2, -0.15) is 0 Å². The smallest absolute Gasteiger partial charge is 0.183 e. The number of aromatic nitrogens is 1. The number of anilines is 1. The average Bonchev–Trinajstić information content (AvgIpc) is 2.93. The first-order chi connectivity index (χ1) is 8.65. The highest BCUT2D eigenvalue weighted by Crippen LogP contribution is 2.30. The van der Waals surface area contributed by atoms with Gasteiger partial charge in [-0.05, 0) is 38.0 Å². The van der Waals surface area contributed by atoms with E-state index >= 15 is 0 Å². The van der Waals surface area contributed by atoms with Crippen LogP contribution in [0.15, 0.2) is 18.2 Å². The van der Waals surface area contributed by atoms with Crippen LogP contribution < -0.4 is 5.32 Å². The molecule has 5 heteroatoms. The topological polar surface area (TPSA) is 34.2 Å². The zero-order valence-corrected chi connectivity index (χ0v) is 11.8. The van der Waals surface area contributed by atoms with Gasteiger partial charge in [0, 0.05) is 18.2 Å². The normalized spacial score (nSPS) is 23.7. The van der Waals surface area contributed by atoms with Crippen molar-refractivity contribution in [1.82, 2.24) is 4.98 Å². The number of thiazole rings is 1. The van der Waals surface area contributed by atoms with Gasteiger partial charge in [-0.15, -0.1) is 0 Å². The Bertz CT molecular complexity index is 563. The number of hydrogen-bond donors (Lipinski definition) is 1. The second kappa shape index (κ2) is 4.68. The van der Waals surface area contributed by atoms with Gasteiger partial charge >= 0.3 is 0 Å². The number of nitrogens with one attached hydrogen (secondary N) is 1. The summed E-state index contributed by atoms with van der Waals surface area (Å²) in [5.41, 5.74) is 0.944. The zero-order chi connectivity index (χ0) is 12.6. The molecule has 0 radical (unpaired) electrons. The van der Waals surface area contributed by atoms with Crippen molar-refractivity contribution in [2.24, 2.45) is 0 Å². The molecular weight excluding hydrogens is 268 g/mol. The van der Waals surface area contributed by atoms with Crippen molar-refractivity contribution in [3.63, 3.8) is 0 Å². The van der Waals surface area contributed by atoms with Crippen LogP contribution in [0, 0.1) is 0 Å². The minimum atomic E-state index is -0.0461. The molecule has 0 bridgehead atoms. The lowest BCUT2D eigenvalue weighted by Gasteiger charge is -2.22. The fraction of sp³-hybridized carbons (Fsp3) is 0.462. The molecule has 2 heterocycles. The van der Waals surface area contributed by atoms with Crippen molar-refractivity contribution in [3.8, 4) is 0 Å². The molecule has 0 spiro atoms. The van der Waals surface area contributed by atoms with Crippen molar-refractivity contribution < 1.29 is 4.74 Å². The number of benzene rings is 1. The molecule has 1 aliphatic heterocycles. The first kappa shape index (κ1) is 12.2. The van der Waals surface area contributed by atoms with Crippen LogP contribution in [-0.2, 0) is 4.74 Å². The molecule has 1 atom stereocenters. The molecule has 3 nitrogen and oxygen atoms in total. The second-order valence-corrected chi connectivity index (χ2v) is 6.35. The van der Waals surface area contributed by atoms with Crippen molar-refractivity contribution >= 4 is 38.3 Å². The van der Waals surface area contributed by atoms with Gasteiger partial charge in [-0.25, -0.2) is 4.98 Å². The molecule has 1 N–H and O–H groups in total. The van der Waals surface area contributed by atoms with Crippen LogP contribution in [0.5, 0.6) is 0 Å². The molecule has 0 amide bonds. The van der Waals surface area contributed by atoms with E-state index in [0.29, 0.717) is 0 Å². The van der Waals surface area contributed by atoms with Crippen LogP contribution in [0.2, 0.25) is 5.02 Å². The van der Waals surface area contributed by atoms with E-state index in [1.54, 1.807) is 11.3 Å². The van der Waals surface area contributed by atoms with Gasteiger partial charge in [-0.3, -0.25) is 0 Å². The third kappa shape index (κ3) is 2.46. The molecule has 1 aromatic heterocycles. The van der Waals surface area contributed by atoms with Crippen molar-refractivity contribution in [3.05, 3.63) is 23.2 Å². The minimum Gasteiger partial charge on any atom is -0.373 e. The highest BCUT2D eigenvalue weighted by atomic mass is 35.5. The number of nitrogens with zero attached hydrogens (tertiary/aromatic N) is 1. The number of ether oxygens (including phenoxy) is 1. The Hall–Kier alpha value is -0.840. The van der Waals surface area contributed by atoms with Crippen molar-refractivity contribution in [2.75, 3.05) is 18.5 Å². The van der Waals surface area contributed by atoms with Crippen molar-refractivity contribution in [1.29, 1.82) is 0 Å². The van der Waals surface area contributed by atoms with Crippen LogP contribution in [0.1, 0.15) is 19.8 Å². The largest absolute Gasteiger partial charge is 0.373 e. The second-order valence-electron chi connectivity index (χ2n) is 4.89. The number of hydrogen-bond acceptors (Lipinski definition) is 4. The van der Waals surface area contributed by atoms with Gasteiger partial charge < -0.3 is 10.1 Å². The average molecular weight is 283 g/mol. The molecule has 0 saturated carbocycles. The quantitative estimate of drug-likeness (QED) is 0.926. The Morgan fingerprint density at radius 2 is 2.44 bits per heavy atom. The fourth-order valence-electron chi connectivity index (χ4n) is 2.21. The molecule has 1 saturated heterocycles. The number of rotatable bonds is 3. The molecular formula is C13H15ClN2OS. The standard InChI is InChI=1S/C13H15ClN2OS/c1-13(5-2-6-17-13)8-15-12-16-10-4-3-9(14)7-11(10)18-12/h3-4,7H,2,5-6,8H2,1H3,(H,15,16). The maximum absolute atomic E-state index is 5.97. The van der Waals surface area contributed by atoms with Gasteiger partial charge in [-0.1, -0.05) is 22.9 Å². The summed E-state index contributed by atoms with van der Waals surface area (Å²) in [6, 6.07) is 5.77. The van der Waals surface area contributed by atoms with Gasteiger partial charge in [0.1, 0.15) is 0 Å². The van der Waals surface area contributed by atoms with E-state index in [0.717, 1.165) is 46.4 Å². The summed E-state index contributed by atoms with van der Waals surface area (Å²) in [6.07, 6.45) is 2.25. The molecule has 2 aromatic rings. The first-order valence-corrected chi connectivity index (χ1v) is 7.28. The summed E-state index contributed by atoms with van der Waals surface area (Å²) in [6.45, 7) is 3.82. The van der Waals surface area contributed by atoms with E-state index in [2.05, 4.69) is 17.2 Å². The van der Waals surface area contributed by atoms with E-state index < -0.39 is 0 Å². The fourth-order valence-corrected chi connectivity index (χ4v) is 3.35. The minimum absolute atomic E-state index is 0.0461. The Kier molecular flexibility index (Phi) is 3.18. The molecule has 1 aliphatic rings. The predicted molar refractivity (Wildman–Crippen MR) is 76.7 cm³/mol. The summed E-state index contributed by atoms with van der Waals surface area (Å²) in [7, 11) is 0. The van der Waals surface area contributed by atoms with E-state index in [1.165, 1.54) is 0 Å². The third-order valence-corrected chi connectivity index (χ3v) is 4.48. The predicted octanol–water partition coefficient (Wildman–Crippen LogP) is 3.93. The van der Waals surface area contributed by atoms with E-state index in [9.17, 15) is 0 Å². The van der Waals surface area contributed by atoms with Crippen LogP contribution in [0.3, 0.4) is 0 Å². The van der Waals surface area contributed by atoms with Gasteiger partial charge in [0.25, 0.3) is 0 Å². The first-order valence-electron chi connectivity index (χ1n) is 6.09. The lowest BCUT2D eigenvalue weighted by atomic mass is 10.0. The van der Waals surface area contributed by atoms with E-state index in [4.69, 9.17) is 16.3 Å². The van der Waals surface area contributed by atoms with Crippen LogP contribution in [0.4, 0.5) is 5.13 Å². The molecule has 96 valence electrons. The Balaban J connectivity index is 1.74. The highest BCUT2D eigenvalue weighted by molar-refractivity contribution is 7.22. The van der Waals surface area contributed by atoms with Gasteiger partial charge in [0.2, 0.25) is 0 Å². The SMILES string of the molecule is CC1(CNc2nc3ccc(Cl)cc3s2)CCCO1. The number of fused-ring (bicyclic) bond motifs is 1. The van der Waals surface area contributed by atoms with Crippen LogP contribution >= 0.6 is 22.9 Å². The Morgan fingerprint density at radius 1 is 1.56 bits per heavy atom. The summed E-state index contributed by atoms with van der Waals surface area (Å²) in [5, 5.41) is 5.06. The lowest BCUT2D eigenvalue weighted by Crippen LogP contribution is -2.32. The maximum Gasteiger partial charge on any atom is 0.183 e. The van der Waals surface area contributed by atoms with Crippen LogP contribution in [0.25, 0.3) is 10.2 Å². The summed E-state index contributed by atoms with van der Waals surface area (Å²) < 4.78 is 6.86. The monoisotopic (exact) mass is 282 g/mol. The molecule has 0 aliphatic carbocycles. The maximum atomic E-state index is 5.97. The molecule has 3 rings (SSSR count). The number of halogens is 1. The molecule has 1 aromatic carbocycles. The Morgan fingerprint density at radius 3 is 3.22 bits per heavy atom. The van der Waals surface area contributed by atoms with E-state index in [1.807, 2.05) is 18.2 Å². The third-order valence-electron chi connectivity index (χ3n) is 3.26. The Labute approximate surface area is 115 Å². The summed E-state index contributed by atoms with van der Waals surface area (Å²) >= 11 is 7.60. The highest BCUT2D eigenvalue weighted by Gasteiger charge is 2.29. The molecule has 1 unspecified atom stereocenters. The summed E-state index contributed by atoms with van der Waals surface area (Å²) in [5.74, 6) is 0. The van der Waals surface area contributed by atoms with Crippen molar-refractivity contribution in [2.45, 2.75) is 25.4 Å². The van der Waals surface area contributed by atoms with Crippen LogP contribution in [-0.4, -0.2) is 23.7 Å². The molecule has 1 fully saturated rings. The zero-order valence-electron chi connectivity index (χ0n) is 10.2. The van der Waals surface area contributed by atoms with Gasteiger partial charge in [0.05, 0.1) is 15.8 Å². The summed E-state index contributed by atoms with van der Waals surface area (Å²) in [4.78, 5) is 4.54. The van der Waals surface area contributed by atoms with E-state index in [-0.39, 0.29) is 5.60 Å².